The van der Waals surface area contributed by atoms with Crippen LogP contribution in [0.1, 0.15) is 12.8 Å². The van der Waals surface area contributed by atoms with E-state index in [0.717, 1.165) is 25.7 Å². The number of hydrogen-bond acceptors (Lipinski definition) is 3. The zero-order valence-electron chi connectivity index (χ0n) is 7.71. The minimum atomic E-state index is 0.110. The largest absolute Gasteiger partial charge is 0.378 e. The third-order valence-corrected chi connectivity index (χ3v) is 2.47. The van der Waals surface area contributed by atoms with Crippen molar-refractivity contribution in [1.82, 2.24) is 10.6 Å². The first-order chi connectivity index (χ1) is 6.34. The van der Waals surface area contributed by atoms with Crippen LogP contribution in [0.5, 0.6) is 0 Å². The van der Waals surface area contributed by atoms with Gasteiger partial charge >= 0.3 is 0 Å². The first-order valence-corrected chi connectivity index (χ1v) is 4.92. The molecule has 1 amide bonds. The molecule has 0 aromatic rings. The highest BCUT2D eigenvalue weighted by Gasteiger charge is 2.22. The second kappa shape index (κ2) is 4.07. The Morgan fingerprint density at radius 1 is 1.38 bits per heavy atom. The standard InChI is InChI=1S/C9H16N2O2/c12-9(11-3-7-1-2-7)4-10-8-5-13-6-8/h7-8,10H,1-6H2,(H,11,12). The molecule has 1 aliphatic heterocycles. The van der Waals surface area contributed by atoms with Gasteiger partial charge < -0.3 is 15.4 Å². The van der Waals surface area contributed by atoms with E-state index < -0.39 is 0 Å². The molecule has 2 N–H and O–H groups in total. The second-order valence-electron chi connectivity index (χ2n) is 3.86. The van der Waals surface area contributed by atoms with Gasteiger partial charge in [-0.15, -0.1) is 0 Å². The van der Waals surface area contributed by atoms with Crippen LogP contribution in [-0.4, -0.2) is 38.3 Å². The van der Waals surface area contributed by atoms with E-state index in [1.165, 1.54) is 12.8 Å². The summed E-state index contributed by atoms with van der Waals surface area (Å²) in [5.41, 5.74) is 0. The zero-order valence-corrected chi connectivity index (χ0v) is 7.71. The highest BCUT2D eigenvalue weighted by Crippen LogP contribution is 2.27. The van der Waals surface area contributed by atoms with Crippen molar-refractivity contribution in [2.45, 2.75) is 18.9 Å². The first kappa shape index (κ1) is 8.97. The van der Waals surface area contributed by atoms with Crippen molar-refractivity contribution < 1.29 is 9.53 Å². The van der Waals surface area contributed by atoms with Gasteiger partial charge in [-0.05, 0) is 18.8 Å². The quantitative estimate of drug-likeness (QED) is 0.605. The van der Waals surface area contributed by atoms with Crippen LogP contribution in [0.2, 0.25) is 0 Å². The van der Waals surface area contributed by atoms with E-state index in [1.807, 2.05) is 0 Å². The molecule has 0 unspecified atom stereocenters. The number of rotatable bonds is 5. The Hall–Kier alpha value is -0.610. The van der Waals surface area contributed by atoms with E-state index in [0.29, 0.717) is 12.6 Å². The molecule has 1 aliphatic carbocycles. The van der Waals surface area contributed by atoms with Gasteiger partial charge in [-0.3, -0.25) is 4.79 Å². The Labute approximate surface area is 78.0 Å². The monoisotopic (exact) mass is 184 g/mol. The number of carbonyl (C=O) groups is 1. The van der Waals surface area contributed by atoms with Crippen molar-refractivity contribution >= 4 is 5.91 Å². The number of amides is 1. The van der Waals surface area contributed by atoms with E-state index >= 15 is 0 Å². The summed E-state index contributed by atoms with van der Waals surface area (Å²) in [4.78, 5) is 11.2. The van der Waals surface area contributed by atoms with Gasteiger partial charge in [-0.25, -0.2) is 0 Å². The number of nitrogens with one attached hydrogen (secondary N) is 2. The summed E-state index contributed by atoms with van der Waals surface area (Å²) in [6.45, 7) is 2.79. The summed E-state index contributed by atoms with van der Waals surface area (Å²) in [6.07, 6.45) is 2.56. The third-order valence-electron chi connectivity index (χ3n) is 2.47. The SMILES string of the molecule is O=C(CNC1COC1)NCC1CC1. The summed E-state index contributed by atoms with van der Waals surface area (Å²) in [6, 6.07) is 0.395. The second-order valence-corrected chi connectivity index (χ2v) is 3.86. The molecule has 13 heavy (non-hydrogen) atoms. The molecule has 74 valence electrons. The molecule has 0 aromatic carbocycles. The van der Waals surface area contributed by atoms with Crippen molar-refractivity contribution in [1.29, 1.82) is 0 Å². The lowest BCUT2D eigenvalue weighted by molar-refractivity contribution is -0.121. The van der Waals surface area contributed by atoms with Gasteiger partial charge in [0.1, 0.15) is 0 Å². The van der Waals surface area contributed by atoms with Gasteiger partial charge in [-0.2, -0.15) is 0 Å². The van der Waals surface area contributed by atoms with Crippen LogP contribution in [0.4, 0.5) is 0 Å². The van der Waals surface area contributed by atoms with Crippen molar-refractivity contribution in [2.24, 2.45) is 5.92 Å². The lowest BCUT2D eigenvalue weighted by atomic mass is 10.2. The number of hydrogen-bond donors (Lipinski definition) is 2. The average molecular weight is 184 g/mol. The molecule has 1 heterocycles. The summed E-state index contributed by atoms with van der Waals surface area (Å²) in [5.74, 6) is 0.870. The third kappa shape index (κ3) is 2.97. The highest BCUT2D eigenvalue weighted by atomic mass is 16.5. The van der Waals surface area contributed by atoms with Crippen molar-refractivity contribution in [3.63, 3.8) is 0 Å². The predicted molar refractivity (Wildman–Crippen MR) is 48.3 cm³/mol. The van der Waals surface area contributed by atoms with Crippen LogP contribution in [-0.2, 0) is 9.53 Å². The predicted octanol–water partition coefficient (Wildman–Crippen LogP) is -0.499. The van der Waals surface area contributed by atoms with Crippen LogP contribution in [0.3, 0.4) is 0 Å². The van der Waals surface area contributed by atoms with E-state index in [-0.39, 0.29) is 5.91 Å². The average Bonchev–Trinajstić information content (AvgIpc) is 2.80. The molecule has 0 radical (unpaired) electrons. The molecular formula is C9H16N2O2. The maximum atomic E-state index is 11.2. The van der Waals surface area contributed by atoms with Crippen LogP contribution >= 0.6 is 0 Å². The molecule has 1 saturated heterocycles. The van der Waals surface area contributed by atoms with Crippen LogP contribution in [0.25, 0.3) is 0 Å². The number of carbonyl (C=O) groups excluding carboxylic acids is 1. The minimum absolute atomic E-state index is 0.110. The summed E-state index contributed by atoms with van der Waals surface area (Å²) >= 11 is 0. The zero-order chi connectivity index (χ0) is 9.10. The molecule has 1 saturated carbocycles. The molecule has 0 aromatic heterocycles. The fourth-order valence-corrected chi connectivity index (χ4v) is 1.23. The van der Waals surface area contributed by atoms with Gasteiger partial charge in [0.05, 0.1) is 25.8 Å². The molecule has 4 heteroatoms. The summed E-state index contributed by atoms with van der Waals surface area (Å²) < 4.78 is 4.98. The fraction of sp³-hybridized carbons (Fsp3) is 0.889. The highest BCUT2D eigenvalue weighted by molar-refractivity contribution is 5.78. The molecule has 2 aliphatic rings. The van der Waals surface area contributed by atoms with Crippen molar-refractivity contribution in [3.05, 3.63) is 0 Å². The van der Waals surface area contributed by atoms with Gasteiger partial charge in [0, 0.05) is 6.54 Å². The Morgan fingerprint density at radius 2 is 2.15 bits per heavy atom. The molecule has 2 fully saturated rings. The molecule has 4 nitrogen and oxygen atoms in total. The molecule has 0 bridgehead atoms. The summed E-state index contributed by atoms with van der Waals surface area (Å²) in [5, 5.41) is 6.03. The lowest BCUT2D eigenvalue weighted by Crippen LogP contribution is -2.49. The lowest BCUT2D eigenvalue weighted by Gasteiger charge is -2.26. The molecule has 0 atom stereocenters. The maximum absolute atomic E-state index is 11.2. The molecule has 2 rings (SSSR count). The van der Waals surface area contributed by atoms with Gasteiger partial charge in [0.15, 0.2) is 0 Å². The van der Waals surface area contributed by atoms with Gasteiger partial charge in [0.2, 0.25) is 5.91 Å². The van der Waals surface area contributed by atoms with Crippen LogP contribution in [0.15, 0.2) is 0 Å². The molecular weight excluding hydrogens is 168 g/mol. The Kier molecular flexibility index (Phi) is 2.80. The normalized spacial score (nSPS) is 22.5. The van der Waals surface area contributed by atoms with Gasteiger partial charge in [-0.1, -0.05) is 0 Å². The van der Waals surface area contributed by atoms with Crippen LogP contribution in [0, 0.1) is 5.92 Å². The Balaban J connectivity index is 1.49. The van der Waals surface area contributed by atoms with Crippen molar-refractivity contribution in [3.8, 4) is 0 Å². The van der Waals surface area contributed by atoms with Gasteiger partial charge in [0.25, 0.3) is 0 Å². The van der Waals surface area contributed by atoms with E-state index in [4.69, 9.17) is 4.74 Å². The smallest absolute Gasteiger partial charge is 0.233 e. The Bertz CT molecular complexity index is 188. The molecule has 0 spiro atoms. The van der Waals surface area contributed by atoms with E-state index in [1.54, 1.807) is 0 Å². The topological polar surface area (TPSA) is 50.4 Å². The minimum Gasteiger partial charge on any atom is -0.378 e. The Morgan fingerprint density at radius 3 is 2.69 bits per heavy atom. The van der Waals surface area contributed by atoms with E-state index in [9.17, 15) is 4.79 Å². The van der Waals surface area contributed by atoms with Crippen molar-refractivity contribution in [2.75, 3.05) is 26.3 Å². The van der Waals surface area contributed by atoms with Crippen LogP contribution < -0.4 is 10.6 Å². The number of ether oxygens (including phenoxy) is 1. The maximum Gasteiger partial charge on any atom is 0.233 e. The van der Waals surface area contributed by atoms with E-state index in [2.05, 4.69) is 10.6 Å². The summed E-state index contributed by atoms with van der Waals surface area (Å²) in [7, 11) is 0. The fourth-order valence-electron chi connectivity index (χ4n) is 1.23. The first-order valence-electron chi connectivity index (χ1n) is 4.92.